The minimum absolute atomic E-state index is 0.0499. The van der Waals surface area contributed by atoms with E-state index in [1.807, 2.05) is 6.07 Å². The molecule has 0 bridgehead atoms. The molecule has 1 aromatic carbocycles. The van der Waals surface area contributed by atoms with Gasteiger partial charge in [-0.1, -0.05) is 25.4 Å². The van der Waals surface area contributed by atoms with Gasteiger partial charge in [-0.15, -0.1) is 10.2 Å². The molecule has 4 rings (SSSR count). The van der Waals surface area contributed by atoms with Gasteiger partial charge in [-0.3, -0.25) is 4.79 Å². The van der Waals surface area contributed by atoms with E-state index in [1.165, 1.54) is 0 Å². The smallest absolute Gasteiger partial charge is 0.243 e. The Morgan fingerprint density at radius 2 is 1.64 bits per heavy atom. The molecular formula is C23H30ClN5O3S. The van der Waals surface area contributed by atoms with Gasteiger partial charge in [-0.25, -0.2) is 8.42 Å². The second-order valence-corrected chi connectivity index (χ2v) is 11.6. The molecule has 1 amide bonds. The first-order valence-electron chi connectivity index (χ1n) is 11.4. The Hall–Kier alpha value is -2.23. The lowest BCUT2D eigenvalue weighted by Gasteiger charge is -2.34. The number of piperidine rings is 2. The van der Waals surface area contributed by atoms with Crippen molar-refractivity contribution >= 4 is 39.0 Å². The van der Waals surface area contributed by atoms with Crippen LogP contribution >= 0.6 is 11.6 Å². The van der Waals surface area contributed by atoms with Crippen LogP contribution in [0.15, 0.2) is 41.3 Å². The van der Waals surface area contributed by atoms with Gasteiger partial charge in [0.2, 0.25) is 15.9 Å². The quantitative estimate of drug-likeness (QED) is 0.685. The van der Waals surface area contributed by atoms with Gasteiger partial charge in [0, 0.05) is 37.8 Å². The Morgan fingerprint density at radius 1 is 1.00 bits per heavy atom. The molecule has 2 aliphatic rings. The number of nitrogens with one attached hydrogen (secondary N) is 1. The maximum absolute atomic E-state index is 13.0. The van der Waals surface area contributed by atoms with Crippen LogP contribution in [0.2, 0.25) is 5.15 Å². The van der Waals surface area contributed by atoms with Crippen molar-refractivity contribution < 1.29 is 13.2 Å². The van der Waals surface area contributed by atoms with E-state index >= 15 is 0 Å². The lowest BCUT2D eigenvalue weighted by Crippen LogP contribution is -2.42. The fourth-order valence-electron chi connectivity index (χ4n) is 4.75. The standard InChI is InChI=1S/C23H30ClN5O3S/c1-16-13-17(2)15-29(14-16)33(31,32)20-5-3-19(4-6-20)25-23(30)18-9-11-28(12-10-18)22-8-7-21(24)26-27-22/h3-8,16-18H,9-15H2,1-2H3,(H,25,30). The fourth-order valence-corrected chi connectivity index (χ4v) is 6.53. The van der Waals surface area contributed by atoms with Gasteiger partial charge >= 0.3 is 0 Å². The van der Waals surface area contributed by atoms with E-state index in [9.17, 15) is 13.2 Å². The van der Waals surface area contributed by atoms with Crippen molar-refractivity contribution in [3.8, 4) is 0 Å². The Bertz CT molecular complexity index is 1060. The summed E-state index contributed by atoms with van der Waals surface area (Å²) in [4.78, 5) is 15.1. The molecule has 1 N–H and O–H groups in total. The van der Waals surface area contributed by atoms with Crippen molar-refractivity contribution in [2.45, 2.75) is 38.0 Å². The van der Waals surface area contributed by atoms with Crippen LogP contribution in [0.25, 0.3) is 0 Å². The van der Waals surface area contributed by atoms with Crippen molar-refractivity contribution in [1.29, 1.82) is 0 Å². The van der Waals surface area contributed by atoms with Crippen LogP contribution in [0.3, 0.4) is 0 Å². The average molecular weight is 492 g/mol. The van der Waals surface area contributed by atoms with E-state index in [-0.39, 0.29) is 16.7 Å². The summed E-state index contributed by atoms with van der Waals surface area (Å²) in [6.07, 6.45) is 2.45. The number of nitrogens with zero attached hydrogens (tertiary/aromatic N) is 4. The summed E-state index contributed by atoms with van der Waals surface area (Å²) >= 11 is 5.80. The fraction of sp³-hybridized carbons (Fsp3) is 0.522. The molecule has 2 fully saturated rings. The van der Waals surface area contributed by atoms with E-state index in [1.54, 1.807) is 34.6 Å². The minimum Gasteiger partial charge on any atom is -0.355 e. The van der Waals surface area contributed by atoms with Crippen LogP contribution in [0, 0.1) is 17.8 Å². The monoisotopic (exact) mass is 491 g/mol. The van der Waals surface area contributed by atoms with E-state index in [4.69, 9.17) is 11.6 Å². The highest BCUT2D eigenvalue weighted by Crippen LogP contribution is 2.28. The zero-order valence-electron chi connectivity index (χ0n) is 18.9. The number of hydrogen-bond donors (Lipinski definition) is 1. The molecule has 0 radical (unpaired) electrons. The first kappa shape index (κ1) is 23.9. The number of carbonyl (C=O) groups excluding carboxylic acids is 1. The number of halogens is 1. The number of benzene rings is 1. The number of anilines is 2. The molecule has 0 aliphatic carbocycles. The molecule has 3 heterocycles. The molecule has 178 valence electrons. The van der Waals surface area contributed by atoms with Gasteiger partial charge in [-0.05, 0) is 67.5 Å². The number of amides is 1. The minimum atomic E-state index is -3.53. The third kappa shape index (κ3) is 5.65. The first-order chi connectivity index (χ1) is 15.7. The summed E-state index contributed by atoms with van der Waals surface area (Å²) in [5.74, 6) is 1.29. The van der Waals surface area contributed by atoms with Gasteiger partial charge in [-0.2, -0.15) is 4.31 Å². The van der Waals surface area contributed by atoms with E-state index in [0.29, 0.717) is 61.7 Å². The Kier molecular flexibility index (Phi) is 7.21. The van der Waals surface area contributed by atoms with Crippen LogP contribution in [0.1, 0.15) is 33.1 Å². The van der Waals surface area contributed by atoms with Gasteiger partial charge in [0.05, 0.1) is 4.90 Å². The SMILES string of the molecule is CC1CC(C)CN(S(=O)(=O)c2ccc(NC(=O)C3CCN(c4ccc(Cl)nn4)CC3)cc2)C1. The highest BCUT2D eigenvalue weighted by molar-refractivity contribution is 7.89. The topological polar surface area (TPSA) is 95.5 Å². The summed E-state index contributed by atoms with van der Waals surface area (Å²) < 4.78 is 27.7. The molecular weight excluding hydrogens is 462 g/mol. The van der Waals surface area contributed by atoms with Gasteiger partial charge in [0.25, 0.3) is 0 Å². The second-order valence-electron chi connectivity index (χ2n) is 9.26. The molecule has 0 saturated carbocycles. The van der Waals surface area contributed by atoms with Crippen LogP contribution < -0.4 is 10.2 Å². The van der Waals surface area contributed by atoms with Crippen LogP contribution in [0.5, 0.6) is 0 Å². The predicted molar refractivity (Wildman–Crippen MR) is 129 cm³/mol. The summed E-state index contributed by atoms with van der Waals surface area (Å²) in [6.45, 7) is 6.68. The van der Waals surface area contributed by atoms with Crippen molar-refractivity contribution in [2.24, 2.45) is 17.8 Å². The van der Waals surface area contributed by atoms with E-state index in [2.05, 4.69) is 34.3 Å². The van der Waals surface area contributed by atoms with Crippen molar-refractivity contribution in [3.63, 3.8) is 0 Å². The molecule has 1 aromatic heterocycles. The number of carbonyl (C=O) groups is 1. The third-order valence-electron chi connectivity index (χ3n) is 6.40. The van der Waals surface area contributed by atoms with Crippen molar-refractivity contribution in [2.75, 3.05) is 36.4 Å². The maximum atomic E-state index is 13.0. The average Bonchev–Trinajstić information content (AvgIpc) is 2.79. The lowest BCUT2D eigenvalue weighted by atomic mass is 9.94. The highest BCUT2D eigenvalue weighted by atomic mass is 35.5. The molecule has 0 spiro atoms. The zero-order valence-corrected chi connectivity index (χ0v) is 20.5. The number of hydrogen-bond acceptors (Lipinski definition) is 6. The largest absolute Gasteiger partial charge is 0.355 e. The molecule has 10 heteroatoms. The molecule has 8 nitrogen and oxygen atoms in total. The number of sulfonamides is 1. The predicted octanol–water partition coefficient (Wildman–Crippen LogP) is 3.65. The van der Waals surface area contributed by atoms with Gasteiger partial charge in [0.15, 0.2) is 11.0 Å². The maximum Gasteiger partial charge on any atom is 0.243 e. The van der Waals surface area contributed by atoms with E-state index < -0.39 is 10.0 Å². The van der Waals surface area contributed by atoms with Crippen LogP contribution in [-0.4, -0.2) is 55.0 Å². The molecule has 2 saturated heterocycles. The Labute approximate surface area is 200 Å². The summed E-state index contributed by atoms with van der Waals surface area (Å²) in [5, 5.41) is 11.3. The summed E-state index contributed by atoms with van der Waals surface area (Å²) in [5.41, 5.74) is 0.602. The number of rotatable bonds is 5. The van der Waals surface area contributed by atoms with Gasteiger partial charge < -0.3 is 10.2 Å². The zero-order chi connectivity index (χ0) is 23.6. The first-order valence-corrected chi connectivity index (χ1v) is 13.2. The van der Waals surface area contributed by atoms with Gasteiger partial charge in [0.1, 0.15) is 0 Å². The van der Waals surface area contributed by atoms with Crippen molar-refractivity contribution in [3.05, 3.63) is 41.6 Å². The molecule has 2 atom stereocenters. The highest BCUT2D eigenvalue weighted by Gasteiger charge is 2.32. The van der Waals surface area contributed by atoms with Crippen LogP contribution in [-0.2, 0) is 14.8 Å². The normalized spacial score (nSPS) is 22.8. The summed E-state index contributed by atoms with van der Waals surface area (Å²) in [7, 11) is -3.53. The van der Waals surface area contributed by atoms with Crippen LogP contribution in [0.4, 0.5) is 11.5 Å². The Morgan fingerprint density at radius 3 is 2.21 bits per heavy atom. The Balaban J connectivity index is 1.33. The van der Waals surface area contributed by atoms with Crippen molar-refractivity contribution in [1.82, 2.24) is 14.5 Å². The second kappa shape index (κ2) is 9.95. The lowest BCUT2D eigenvalue weighted by molar-refractivity contribution is -0.120. The third-order valence-corrected chi connectivity index (χ3v) is 8.45. The molecule has 33 heavy (non-hydrogen) atoms. The molecule has 2 aliphatic heterocycles. The molecule has 2 unspecified atom stereocenters. The number of aromatic nitrogens is 2. The molecule has 2 aromatic rings. The van der Waals surface area contributed by atoms with E-state index in [0.717, 1.165) is 12.2 Å². The summed E-state index contributed by atoms with van der Waals surface area (Å²) in [6, 6.07) is 10.0.